The highest BCUT2D eigenvalue weighted by molar-refractivity contribution is 5.94. The van der Waals surface area contributed by atoms with E-state index in [0.29, 0.717) is 5.56 Å². The first-order valence-electron chi connectivity index (χ1n) is 11.9. The van der Waals surface area contributed by atoms with Crippen molar-refractivity contribution in [1.82, 2.24) is 16.0 Å². The van der Waals surface area contributed by atoms with Crippen molar-refractivity contribution >= 4 is 35.6 Å². The maximum atomic E-state index is 13.0. The molecule has 0 bridgehead atoms. The molecule has 0 aliphatic heterocycles. The summed E-state index contributed by atoms with van der Waals surface area (Å²) >= 11 is 0. The van der Waals surface area contributed by atoms with Crippen LogP contribution in [0.1, 0.15) is 45.1 Å². The summed E-state index contributed by atoms with van der Waals surface area (Å²) in [5.74, 6) is -6.27. The van der Waals surface area contributed by atoms with Gasteiger partial charge in [-0.05, 0) is 36.5 Å². The van der Waals surface area contributed by atoms with E-state index in [1.165, 1.54) is 24.3 Å². The predicted octanol–water partition coefficient (Wildman–Crippen LogP) is -1.41. The molecular weight excluding hydrogens is 502 g/mol. The number of primary amides is 1. The van der Waals surface area contributed by atoms with Crippen LogP contribution in [0.4, 0.5) is 0 Å². The zero-order valence-electron chi connectivity index (χ0n) is 21.2. The molecule has 14 nitrogen and oxygen atoms in total. The van der Waals surface area contributed by atoms with E-state index in [2.05, 4.69) is 16.0 Å². The number of phenols is 1. The van der Waals surface area contributed by atoms with Gasteiger partial charge in [0.1, 0.15) is 23.9 Å². The van der Waals surface area contributed by atoms with Crippen LogP contribution in [0.25, 0.3) is 0 Å². The smallest absolute Gasteiger partial charge is 0.326 e. The van der Waals surface area contributed by atoms with Crippen LogP contribution in [0.3, 0.4) is 0 Å². The maximum absolute atomic E-state index is 13.0. The van der Waals surface area contributed by atoms with Gasteiger partial charge in [-0.15, -0.1) is 0 Å². The number of carboxylic acid groups (broad SMARTS) is 2. The Morgan fingerprint density at radius 3 is 1.71 bits per heavy atom. The summed E-state index contributed by atoms with van der Waals surface area (Å²) in [7, 11) is 0. The van der Waals surface area contributed by atoms with Gasteiger partial charge >= 0.3 is 11.9 Å². The van der Waals surface area contributed by atoms with E-state index in [-0.39, 0.29) is 37.4 Å². The zero-order chi connectivity index (χ0) is 29.0. The van der Waals surface area contributed by atoms with Crippen LogP contribution in [0, 0.1) is 5.92 Å². The van der Waals surface area contributed by atoms with E-state index in [4.69, 9.17) is 16.6 Å². The fourth-order valence-electron chi connectivity index (χ4n) is 3.28. The van der Waals surface area contributed by atoms with E-state index < -0.39 is 66.2 Å². The summed E-state index contributed by atoms with van der Waals surface area (Å²) in [5, 5.41) is 35.0. The van der Waals surface area contributed by atoms with Crippen LogP contribution >= 0.6 is 0 Å². The second kappa shape index (κ2) is 15.1. The van der Waals surface area contributed by atoms with E-state index in [1.54, 1.807) is 13.8 Å². The van der Waals surface area contributed by atoms with Gasteiger partial charge in [0.15, 0.2) is 0 Å². The third kappa shape index (κ3) is 11.2. The highest BCUT2D eigenvalue weighted by atomic mass is 16.4. The van der Waals surface area contributed by atoms with Crippen molar-refractivity contribution in [1.29, 1.82) is 0 Å². The molecule has 0 saturated carbocycles. The Balaban J connectivity index is 3.08. The second-order valence-electron chi connectivity index (χ2n) is 9.10. The van der Waals surface area contributed by atoms with Gasteiger partial charge in [0.05, 0.1) is 6.04 Å². The van der Waals surface area contributed by atoms with Crippen LogP contribution in [0.15, 0.2) is 24.3 Å². The van der Waals surface area contributed by atoms with E-state index in [0.717, 1.165) is 0 Å². The van der Waals surface area contributed by atoms with Crippen molar-refractivity contribution in [3.63, 3.8) is 0 Å². The molecular formula is C24H35N5O9. The molecule has 0 aliphatic rings. The average molecular weight is 538 g/mol. The number of hydrogen-bond donors (Lipinski definition) is 8. The number of carboxylic acids is 2. The normalized spacial score (nSPS) is 14.0. The average Bonchev–Trinajstić information content (AvgIpc) is 2.83. The number of benzene rings is 1. The van der Waals surface area contributed by atoms with Gasteiger partial charge in [0.2, 0.25) is 23.6 Å². The molecule has 0 saturated heterocycles. The minimum absolute atomic E-state index is 0.0298. The molecule has 1 rings (SSSR count). The molecule has 1 aromatic carbocycles. The Morgan fingerprint density at radius 2 is 1.26 bits per heavy atom. The number of nitrogens with one attached hydrogen (secondary N) is 3. The lowest BCUT2D eigenvalue weighted by atomic mass is 10.0. The van der Waals surface area contributed by atoms with Gasteiger partial charge in [0.25, 0.3) is 0 Å². The Labute approximate surface area is 219 Å². The number of amides is 4. The lowest BCUT2D eigenvalue weighted by Gasteiger charge is -2.25. The summed E-state index contributed by atoms with van der Waals surface area (Å²) < 4.78 is 0. The number of hydrogen-bond acceptors (Lipinski definition) is 8. The van der Waals surface area contributed by atoms with Crippen molar-refractivity contribution in [3.05, 3.63) is 29.8 Å². The fourth-order valence-corrected chi connectivity index (χ4v) is 3.28. The SMILES string of the molecule is CC(C)C(N)C(=O)NC(CCC(=O)O)C(=O)NC(CCC(N)=O)C(=O)NC(Cc1ccc(O)cc1)C(=O)O. The number of aliphatic carboxylic acids is 2. The summed E-state index contributed by atoms with van der Waals surface area (Å²) in [6.07, 6.45) is -1.58. The van der Waals surface area contributed by atoms with Crippen LogP contribution in [0.2, 0.25) is 0 Å². The molecule has 14 heteroatoms. The molecule has 38 heavy (non-hydrogen) atoms. The van der Waals surface area contributed by atoms with Crippen LogP contribution < -0.4 is 27.4 Å². The second-order valence-corrected chi connectivity index (χ2v) is 9.10. The molecule has 0 spiro atoms. The Bertz CT molecular complexity index is 1010. The topological polar surface area (TPSA) is 251 Å². The van der Waals surface area contributed by atoms with Crippen LogP contribution in [-0.2, 0) is 35.2 Å². The van der Waals surface area contributed by atoms with Crippen molar-refractivity contribution in [3.8, 4) is 5.75 Å². The summed E-state index contributed by atoms with van der Waals surface area (Å²) in [6.45, 7) is 3.36. The third-order valence-corrected chi connectivity index (χ3v) is 5.60. The number of nitrogens with two attached hydrogens (primary N) is 2. The lowest BCUT2D eigenvalue weighted by Crippen LogP contribution is -2.57. The molecule has 0 aliphatic carbocycles. The van der Waals surface area contributed by atoms with Gasteiger partial charge in [0, 0.05) is 19.3 Å². The predicted molar refractivity (Wildman–Crippen MR) is 133 cm³/mol. The molecule has 4 amide bonds. The van der Waals surface area contributed by atoms with Crippen molar-refractivity contribution in [2.45, 2.75) is 70.1 Å². The first-order valence-corrected chi connectivity index (χ1v) is 11.9. The number of phenolic OH excluding ortho intramolecular Hbond substituents is 1. The van der Waals surface area contributed by atoms with Crippen molar-refractivity contribution < 1.29 is 44.1 Å². The Morgan fingerprint density at radius 1 is 0.789 bits per heavy atom. The monoisotopic (exact) mass is 537 g/mol. The van der Waals surface area contributed by atoms with E-state index >= 15 is 0 Å². The highest BCUT2D eigenvalue weighted by Crippen LogP contribution is 2.12. The Kier molecular flexibility index (Phi) is 12.7. The van der Waals surface area contributed by atoms with Gasteiger partial charge in [-0.2, -0.15) is 0 Å². The number of carbonyl (C=O) groups is 6. The minimum Gasteiger partial charge on any atom is -0.508 e. The summed E-state index contributed by atoms with van der Waals surface area (Å²) in [6, 6.07) is 0.430. The molecule has 0 heterocycles. The van der Waals surface area contributed by atoms with Crippen LogP contribution in [-0.4, -0.2) is 75.1 Å². The summed E-state index contributed by atoms with van der Waals surface area (Å²) in [4.78, 5) is 72.5. The Hall–Kier alpha value is -4.20. The molecule has 10 N–H and O–H groups in total. The first kappa shape index (κ1) is 31.8. The van der Waals surface area contributed by atoms with Gasteiger partial charge in [-0.1, -0.05) is 26.0 Å². The van der Waals surface area contributed by atoms with Crippen molar-refractivity contribution in [2.24, 2.45) is 17.4 Å². The maximum Gasteiger partial charge on any atom is 0.326 e. The zero-order valence-corrected chi connectivity index (χ0v) is 21.2. The van der Waals surface area contributed by atoms with Gasteiger partial charge in [-0.3, -0.25) is 24.0 Å². The van der Waals surface area contributed by atoms with Crippen LogP contribution in [0.5, 0.6) is 5.75 Å². The van der Waals surface area contributed by atoms with Gasteiger partial charge in [-0.25, -0.2) is 4.79 Å². The molecule has 1 aromatic rings. The molecule has 0 aromatic heterocycles. The first-order chi connectivity index (χ1) is 17.7. The number of carbonyl (C=O) groups excluding carboxylic acids is 4. The number of rotatable bonds is 16. The molecule has 4 unspecified atom stereocenters. The van der Waals surface area contributed by atoms with Gasteiger partial charge < -0.3 is 42.7 Å². The van der Waals surface area contributed by atoms with E-state index in [1.807, 2.05) is 0 Å². The fraction of sp³-hybridized carbons (Fsp3) is 0.500. The highest BCUT2D eigenvalue weighted by Gasteiger charge is 2.31. The summed E-state index contributed by atoms with van der Waals surface area (Å²) in [5.41, 5.74) is 11.5. The molecule has 4 atom stereocenters. The molecule has 0 radical (unpaired) electrons. The lowest BCUT2D eigenvalue weighted by molar-refractivity contribution is -0.142. The quantitative estimate of drug-likeness (QED) is 0.122. The largest absolute Gasteiger partial charge is 0.508 e. The van der Waals surface area contributed by atoms with E-state index in [9.17, 15) is 39.0 Å². The third-order valence-electron chi connectivity index (χ3n) is 5.60. The minimum atomic E-state index is -1.43. The number of aromatic hydroxyl groups is 1. The molecule has 0 fully saturated rings. The molecule has 210 valence electrons. The van der Waals surface area contributed by atoms with Crippen molar-refractivity contribution in [2.75, 3.05) is 0 Å². The standard InChI is InChI=1S/C24H35N5O9/c1-12(2)20(26)23(36)28-16(8-10-19(32)33)21(34)27-15(7-9-18(25)31)22(35)29-17(24(37)38)11-13-3-5-14(30)6-4-13/h3-6,12,15-17,20,30H,7-11,26H2,1-2H3,(H2,25,31)(H,27,34)(H,28,36)(H,29,35)(H,32,33)(H,37,38).